The number of hydrogen-bond donors (Lipinski definition) is 2. The van der Waals surface area contributed by atoms with E-state index in [9.17, 15) is 9.59 Å². The third kappa shape index (κ3) is 3.93. The molecule has 0 aliphatic rings. The van der Waals surface area contributed by atoms with Crippen LogP contribution in [0.15, 0.2) is 79.1 Å². The molecular weight excluding hydrogens is 368 g/mol. The van der Waals surface area contributed by atoms with E-state index in [1.165, 1.54) is 18.2 Å². The van der Waals surface area contributed by atoms with Gasteiger partial charge in [-0.05, 0) is 30.3 Å². The first-order valence-electron chi connectivity index (χ1n) is 8.98. The number of benzene rings is 3. The van der Waals surface area contributed by atoms with Crippen LogP contribution in [0.5, 0.6) is 5.75 Å². The summed E-state index contributed by atoms with van der Waals surface area (Å²) >= 11 is 0. The maximum absolute atomic E-state index is 13.2. The Balaban J connectivity index is 1.73. The zero-order valence-electron chi connectivity index (χ0n) is 15.6. The van der Waals surface area contributed by atoms with Gasteiger partial charge in [0.25, 0.3) is 0 Å². The highest BCUT2D eigenvalue weighted by molar-refractivity contribution is 5.99. The van der Waals surface area contributed by atoms with Crippen molar-refractivity contribution in [2.75, 3.05) is 10.2 Å². The summed E-state index contributed by atoms with van der Waals surface area (Å²) in [6, 6.07) is 21.8. The van der Waals surface area contributed by atoms with E-state index in [0.29, 0.717) is 28.1 Å². The van der Waals surface area contributed by atoms with Crippen LogP contribution in [0, 0.1) is 0 Å². The third-order valence-corrected chi connectivity index (χ3v) is 4.22. The Kier molecular flexibility index (Phi) is 4.94. The summed E-state index contributed by atoms with van der Waals surface area (Å²) < 4.78 is 5.73. The molecule has 2 N–H and O–H groups in total. The Morgan fingerprint density at radius 3 is 2.17 bits per heavy atom. The van der Waals surface area contributed by atoms with Crippen molar-refractivity contribution >= 4 is 40.1 Å². The molecule has 0 aliphatic carbocycles. The number of aromatic nitrogens is 2. The molecule has 0 radical (unpaired) electrons. The highest BCUT2D eigenvalue weighted by atomic mass is 16.6. The van der Waals surface area contributed by atoms with Gasteiger partial charge in [0.15, 0.2) is 5.75 Å². The topological polar surface area (TPSA) is 87.3 Å². The third-order valence-electron chi connectivity index (χ3n) is 4.22. The van der Waals surface area contributed by atoms with Gasteiger partial charge in [-0.3, -0.25) is 4.79 Å². The van der Waals surface area contributed by atoms with Crippen molar-refractivity contribution < 1.29 is 14.3 Å². The minimum atomic E-state index is -0.591. The number of anilines is 3. The molecule has 1 aromatic heterocycles. The Morgan fingerprint density at radius 1 is 0.966 bits per heavy atom. The molecule has 0 bridgehead atoms. The zero-order valence-corrected chi connectivity index (χ0v) is 15.6. The molecule has 7 heteroatoms. The van der Waals surface area contributed by atoms with Gasteiger partial charge in [-0.25, -0.2) is 14.7 Å². The van der Waals surface area contributed by atoms with Crippen LogP contribution in [0.2, 0.25) is 0 Å². The molecule has 0 unspecified atom stereocenters. The number of imidazole rings is 1. The summed E-state index contributed by atoms with van der Waals surface area (Å²) in [6.45, 7) is 1.41. The van der Waals surface area contributed by atoms with Crippen molar-refractivity contribution in [3.8, 4) is 5.75 Å². The molecule has 144 valence electrons. The molecule has 0 fully saturated rings. The minimum absolute atomic E-state index is 0.226. The molecule has 0 saturated carbocycles. The van der Waals surface area contributed by atoms with E-state index >= 15 is 0 Å². The van der Waals surface area contributed by atoms with E-state index < -0.39 is 6.09 Å². The van der Waals surface area contributed by atoms with Crippen LogP contribution < -0.4 is 15.0 Å². The Labute approximate surface area is 166 Å². The molecule has 0 spiro atoms. The second-order valence-electron chi connectivity index (χ2n) is 6.33. The number of H-pyrrole nitrogens is 1. The predicted molar refractivity (Wildman–Crippen MR) is 111 cm³/mol. The van der Waals surface area contributed by atoms with E-state index in [-0.39, 0.29) is 11.7 Å². The molecule has 7 nitrogen and oxygen atoms in total. The highest BCUT2D eigenvalue weighted by Gasteiger charge is 2.22. The minimum Gasteiger partial charge on any atom is -0.407 e. The fourth-order valence-electron chi connectivity index (χ4n) is 3.02. The molecule has 3 aromatic carbocycles. The number of nitrogens with one attached hydrogen (secondary N) is 2. The van der Waals surface area contributed by atoms with Crippen molar-refractivity contribution in [1.82, 2.24) is 9.97 Å². The van der Waals surface area contributed by atoms with Crippen molar-refractivity contribution in [2.24, 2.45) is 0 Å². The Bertz CT molecular complexity index is 1120. The average Bonchev–Trinajstić information content (AvgIpc) is 3.18. The first-order valence-corrected chi connectivity index (χ1v) is 8.98. The van der Waals surface area contributed by atoms with E-state index in [0.717, 1.165) is 0 Å². The molecule has 0 atom stereocenters. The smallest absolute Gasteiger partial charge is 0.407 e. The lowest BCUT2D eigenvalue weighted by Crippen LogP contribution is -2.29. The molecule has 4 aromatic rings. The molecule has 29 heavy (non-hydrogen) atoms. The molecule has 2 amide bonds. The van der Waals surface area contributed by atoms with E-state index in [2.05, 4.69) is 15.3 Å². The van der Waals surface area contributed by atoms with Crippen LogP contribution in [0.3, 0.4) is 0 Å². The molecule has 0 saturated heterocycles. The van der Waals surface area contributed by atoms with Gasteiger partial charge in [-0.15, -0.1) is 0 Å². The van der Waals surface area contributed by atoms with Crippen molar-refractivity contribution in [1.29, 1.82) is 0 Å². The second-order valence-corrected chi connectivity index (χ2v) is 6.33. The number of nitrogens with zero attached hydrogens (tertiary/aromatic N) is 2. The second kappa shape index (κ2) is 7.85. The number of para-hydroxylation sites is 2. The van der Waals surface area contributed by atoms with Gasteiger partial charge in [0.2, 0.25) is 5.91 Å². The van der Waals surface area contributed by atoms with Crippen molar-refractivity contribution in [2.45, 2.75) is 6.92 Å². The van der Waals surface area contributed by atoms with Gasteiger partial charge >= 0.3 is 6.09 Å². The van der Waals surface area contributed by atoms with Crippen molar-refractivity contribution in [3.63, 3.8) is 0 Å². The van der Waals surface area contributed by atoms with Gasteiger partial charge in [0, 0.05) is 18.7 Å². The van der Waals surface area contributed by atoms with Crippen LogP contribution in [0.25, 0.3) is 11.0 Å². The van der Waals surface area contributed by atoms with Gasteiger partial charge < -0.3 is 15.0 Å². The highest BCUT2D eigenvalue weighted by Crippen LogP contribution is 2.31. The number of hydrogen-bond acceptors (Lipinski definition) is 4. The maximum atomic E-state index is 13.2. The quantitative estimate of drug-likeness (QED) is 0.524. The summed E-state index contributed by atoms with van der Waals surface area (Å²) in [5.41, 5.74) is 2.97. The first-order chi connectivity index (χ1) is 14.1. The number of carbonyl (C=O) groups excluding carboxylic acids is 2. The molecular formula is C22H18N4O3. The number of aromatic amines is 1. The van der Waals surface area contributed by atoms with Crippen molar-refractivity contribution in [3.05, 3.63) is 79.1 Å². The lowest BCUT2D eigenvalue weighted by Gasteiger charge is -2.22. The average molecular weight is 386 g/mol. The maximum Gasteiger partial charge on any atom is 0.424 e. The number of fused-ring (bicyclic) bond motifs is 1. The van der Waals surface area contributed by atoms with Crippen LogP contribution in [0.4, 0.5) is 21.9 Å². The van der Waals surface area contributed by atoms with E-state index in [1.54, 1.807) is 12.1 Å². The number of carbonyl (C=O) groups is 2. The fraction of sp³-hybridized carbons (Fsp3) is 0.0455. The van der Waals surface area contributed by atoms with Crippen LogP contribution in [0.1, 0.15) is 6.92 Å². The number of amides is 2. The van der Waals surface area contributed by atoms with E-state index in [1.807, 2.05) is 60.7 Å². The summed E-state index contributed by atoms with van der Waals surface area (Å²) in [5.74, 6) is 0.0192. The Morgan fingerprint density at radius 2 is 1.59 bits per heavy atom. The van der Waals surface area contributed by atoms with Gasteiger partial charge in [0.1, 0.15) is 5.52 Å². The zero-order chi connectivity index (χ0) is 20.2. The molecule has 4 rings (SSSR count). The monoisotopic (exact) mass is 386 g/mol. The van der Waals surface area contributed by atoms with Gasteiger partial charge in [0.05, 0.1) is 23.2 Å². The van der Waals surface area contributed by atoms with Crippen LogP contribution in [-0.4, -0.2) is 22.0 Å². The van der Waals surface area contributed by atoms with Crippen LogP contribution >= 0.6 is 0 Å². The summed E-state index contributed by atoms with van der Waals surface area (Å²) in [4.78, 5) is 33.3. The van der Waals surface area contributed by atoms with Crippen LogP contribution in [-0.2, 0) is 4.79 Å². The SMILES string of the molecule is CC(=O)Nc1cc(OC(=O)N(c2ccccc2)c2ccccc2)c2nc[nH]c2c1. The van der Waals surface area contributed by atoms with Gasteiger partial charge in [-0.2, -0.15) is 0 Å². The summed E-state index contributed by atoms with van der Waals surface area (Å²) in [6.07, 6.45) is 0.915. The normalized spacial score (nSPS) is 10.5. The largest absolute Gasteiger partial charge is 0.424 e. The lowest BCUT2D eigenvalue weighted by molar-refractivity contribution is -0.114. The summed E-state index contributed by atoms with van der Waals surface area (Å²) in [7, 11) is 0. The first kappa shape index (κ1) is 18.2. The van der Waals surface area contributed by atoms with E-state index in [4.69, 9.17) is 4.74 Å². The molecule has 0 aliphatic heterocycles. The number of ether oxygens (including phenoxy) is 1. The number of rotatable bonds is 4. The lowest BCUT2D eigenvalue weighted by atomic mass is 10.2. The summed E-state index contributed by atoms with van der Waals surface area (Å²) in [5, 5.41) is 2.70. The Hall–Kier alpha value is -4.13. The fourth-order valence-corrected chi connectivity index (χ4v) is 3.02. The van der Waals surface area contributed by atoms with Gasteiger partial charge in [-0.1, -0.05) is 36.4 Å². The predicted octanol–water partition coefficient (Wildman–Crippen LogP) is 4.86. The standard InChI is InChI=1S/C22H18N4O3/c1-15(27)25-16-12-19-21(24-14-23-19)20(13-16)29-22(28)26(17-8-4-2-5-9-17)18-10-6-3-7-11-18/h2-14H,1H3,(H,23,24)(H,25,27). The molecule has 1 heterocycles.